The van der Waals surface area contributed by atoms with Crippen molar-refractivity contribution in [3.63, 3.8) is 0 Å². The van der Waals surface area contributed by atoms with Gasteiger partial charge < -0.3 is 5.32 Å². The summed E-state index contributed by atoms with van der Waals surface area (Å²) in [5, 5.41) is 7.92. The van der Waals surface area contributed by atoms with Gasteiger partial charge in [-0.15, -0.1) is 0 Å². The predicted octanol–water partition coefficient (Wildman–Crippen LogP) is 2.11. The van der Waals surface area contributed by atoms with Gasteiger partial charge in [0.15, 0.2) is 0 Å². The van der Waals surface area contributed by atoms with Gasteiger partial charge in [0.2, 0.25) is 0 Å². The van der Waals surface area contributed by atoms with Crippen LogP contribution in [-0.4, -0.2) is 41.4 Å². The standard InChI is InChI=1S/C15H28N4/c1-5-8-19-9-6-7-13(10-16-3)15(19)14-11-18(4)17-12(14)2/h11,13,15-16H,5-10H2,1-4H3. The number of aromatic nitrogens is 2. The van der Waals surface area contributed by atoms with Crippen molar-refractivity contribution in [2.24, 2.45) is 13.0 Å². The molecule has 0 bridgehead atoms. The lowest BCUT2D eigenvalue weighted by Gasteiger charge is -2.41. The van der Waals surface area contributed by atoms with Crippen molar-refractivity contribution in [2.45, 2.75) is 39.2 Å². The van der Waals surface area contributed by atoms with Gasteiger partial charge in [0.05, 0.1) is 5.69 Å². The van der Waals surface area contributed by atoms with Crippen LogP contribution in [0.4, 0.5) is 0 Å². The molecule has 0 radical (unpaired) electrons. The predicted molar refractivity (Wildman–Crippen MR) is 79.2 cm³/mol. The smallest absolute Gasteiger partial charge is 0.0641 e. The summed E-state index contributed by atoms with van der Waals surface area (Å²) in [6.07, 6.45) is 6.08. The van der Waals surface area contributed by atoms with Gasteiger partial charge in [-0.05, 0) is 58.8 Å². The summed E-state index contributed by atoms with van der Waals surface area (Å²) in [6.45, 7) is 7.94. The summed E-state index contributed by atoms with van der Waals surface area (Å²) in [4.78, 5) is 2.66. The topological polar surface area (TPSA) is 33.1 Å². The van der Waals surface area contributed by atoms with Crippen LogP contribution in [0.1, 0.15) is 43.5 Å². The first-order valence-corrected chi connectivity index (χ1v) is 7.56. The van der Waals surface area contributed by atoms with Crippen LogP contribution < -0.4 is 5.32 Å². The molecular formula is C15H28N4. The Morgan fingerprint density at radius 2 is 2.26 bits per heavy atom. The van der Waals surface area contributed by atoms with E-state index in [1.165, 1.54) is 43.6 Å². The average Bonchev–Trinajstić information content (AvgIpc) is 2.69. The Bertz CT molecular complexity index is 381. The van der Waals surface area contributed by atoms with E-state index in [1.54, 1.807) is 0 Å². The van der Waals surface area contributed by atoms with Crippen molar-refractivity contribution < 1.29 is 0 Å². The Labute approximate surface area is 117 Å². The van der Waals surface area contributed by atoms with Gasteiger partial charge >= 0.3 is 0 Å². The van der Waals surface area contributed by atoms with Crippen molar-refractivity contribution in [2.75, 3.05) is 26.7 Å². The molecule has 1 saturated heterocycles. The number of hydrogen-bond donors (Lipinski definition) is 1. The Morgan fingerprint density at radius 3 is 2.84 bits per heavy atom. The fraction of sp³-hybridized carbons (Fsp3) is 0.800. The van der Waals surface area contributed by atoms with Crippen molar-refractivity contribution in [1.29, 1.82) is 0 Å². The third-order valence-electron chi connectivity index (χ3n) is 4.21. The Kier molecular flexibility index (Phi) is 4.99. The SMILES string of the molecule is CCCN1CCCC(CNC)C1c1cn(C)nc1C. The van der Waals surface area contributed by atoms with Gasteiger partial charge in [-0.1, -0.05) is 6.92 Å². The van der Waals surface area contributed by atoms with E-state index in [0.29, 0.717) is 12.0 Å². The second-order valence-electron chi connectivity index (χ2n) is 5.78. The first kappa shape index (κ1) is 14.5. The monoisotopic (exact) mass is 264 g/mol. The average molecular weight is 264 g/mol. The minimum Gasteiger partial charge on any atom is -0.319 e. The van der Waals surface area contributed by atoms with Crippen molar-refractivity contribution in [3.05, 3.63) is 17.5 Å². The molecule has 1 fully saturated rings. The van der Waals surface area contributed by atoms with Crippen LogP contribution >= 0.6 is 0 Å². The maximum absolute atomic E-state index is 4.54. The van der Waals surface area contributed by atoms with Gasteiger partial charge in [0.25, 0.3) is 0 Å². The zero-order chi connectivity index (χ0) is 13.8. The zero-order valence-corrected chi connectivity index (χ0v) is 12.8. The lowest BCUT2D eigenvalue weighted by atomic mass is 9.84. The van der Waals surface area contributed by atoms with E-state index in [-0.39, 0.29) is 0 Å². The molecule has 1 N–H and O–H groups in total. The van der Waals surface area contributed by atoms with Crippen molar-refractivity contribution >= 4 is 0 Å². The van der Waals surface area contributed by atoms with E-state index in [9.17, 15) is 0 Å². The molecule has 4 nitrogen and oxygen atoms in total. The van der Waals surface area contributed by atoms with Gasteiger partial charge in [-0.3, -0.25) is 9.58 Å². The molecule has 19 heavy (non-hydrogen) atoms. The van der Waals surface area contributed by atoms with Crippen LogP contribution in [0, 0.1) is 12.8 Å². The largest absolute Gasteiger partial charge is 0.319 e. The number of aryl methyl sites for hydroxylation is 2. The fourth-order valence-electron chi connectivity index (χ4n) is 3.52. The lowest BCUT2D eigenvalue weighted by Crippen LogP contribution is -2.42. The number of hydrogen-bond acceptors (Lipinski definition) is 3. The second kappa shape index (κ2) is 6.53. The number of rotatable bonds is 5. The summed E-state index contributed by atoms with van der Waals surface area (Å²) < 4.78 is 1.96. The molecule has 2 rings (SSSR count). The number of nitrogens with one attached hydrogen (secondary N) is 1. The highest BCUT2D eigenvalue weighted by Gasteiger charge is 2.33. The van der Waals surface area contributed by atoms with Crippen molar-refractivity contribution in [1.82, 2.24) is 20.0 Å². The second-order valence-corrected chi connectivity index (χ2v) is 5.78. The Hall–Kier alpha value is -0.870. The van der Waals surface area contributed by atoms with E-state index >= 15 is 0 Å². The summed E-state index contributed by atoms with van der Waals surface area (Å²) in [7, 11) is 4.09. The van der Waals surface area contributed by atoms with E-state index in [0.717, 1.165) is 6.54 Å². The normalized spacial score (nSPS) is 24.8. The maximum atomic E-state index is 4.54. The number of likely N-dealkylation sites (tertiary alicyclic amines) is 1. The number of nitrogens with zero attached hydrogens (tertiary/aromatic N) is 3. The molecule has 0 saturated carbocycles. The third-order valence-corrected chi connectivity index (χ3v) is 4.21. The highest BCUT2D eigenvalue weighted by molar-refractivity contribution is 5.22. The molecule has 1 aromatic rings. The quantitative estimate of drug-likeness (QED) is 0.884. The summed E-state index contributed by atoms with van der Waals surface area (Å²) in [5.41, 5.74) is 2.62. The van der Waals surface area contributed by atoms with Gasteiger partial charge in [0, 0.05) is 24.8 Å². The first-order valence-electron chi connectivity index (χ1n) is 7.56. The summed E-state index contributed by atoms with van der Waals surface area (Å²) in [6, 6.07) is 0.537. The molecule has 0 aromatic carbocycles. The van der Waals surface area contributed by atoms with Crippen LogP contribution in [0.25, 0.3) is 0 Å². The molecule has 1 aliphatic rings. The fourth-order valence-corrected chi connectivity index (χ4v) is 3.52. The molecule has 0 spiro atoms. The van der Waals surface area contributed by atoms with Gasteiger partial charge in [0.1, 0.15) is 0 Å². The van der Waals surface area contributed by atoms with Gasteiger partial charge in [-0.25, -0.2) is 0 Å². The van der Waals surface area contributed by atoms with E-state index in [4.69, 9.17) is 0 Å². The zero-order valence-electron chi connectivity index (χ0n) is 12.8. The van der Waals surface area contributed by atoms with Crippen LogP contribution in [0.15, 0.2) is 6.20 Å². The highest BCUT2D eigenvalue weighted by Crippen LogP contribution is 2.36. The first-order chi connectivity index (χ1) is 9.17. The van der Waals surface area contributed by atoms with Crippen LogP contribution in [0.3, 0.4) is 0 Å². The van der Waals surface area contributed by atoms with Crippen molar-refractivity contribution in [3.8, 4) is 0 Å². The molecular weight excluding hydrogens is 236 g/mol. The van der Waals surface area contributed by atoms with Crippen LogP contribution in [0.2, 0.25) is 0 Å². The van der Waals surface area contributed by atoms with E-state index in [2.05, 4.69) is 42.4 Å². The maximum Gasteiger partial charge on any atom is 0.0641 e. The lowest BCUT2D eigenvalue weighted by molar-refractivity contribution is 0.0919. The van der Waals surface area contributed by atoms with E-state index in [1.807, 2.05) is 11.7 Å². The Morgan fingerprint density at radius 1 is 1.47 bits per heavy atom. The summed E-state index contributed by atoms with van der Waals surface area (Å²) >= 11 is 0. The molecule has 0 aliphatic carbocycles. The van der Waals surface area contributed by atoms with Gasteiger partial charge in [-0.2, -0.15) is 5.10 Å². The molecule has 1 aromatic heterocycles. The molecule has 2 heterocycles. The Balaban J connectivity index is 2.28. The minimum absolute atomic E-state index is 0.537. The van der Waals surface area contributed by atoms with Crippen LogP contribution in [0.5, 0.6) is 0 Å². The summed E-state index contributed by atoms with van der Waals surface area (Å²) in [5.74, 6) is 0.702. The molecule has 0 amide bonds. The highest BCUT2D eigenvalue weighted by atomic mass is 15.3. The third kappa shape index (κ3) is 3.18. The number of piperidine rings is 1. The van der Waals surface area contributed by atoms with E-state index < -0.39 is 0 Å². The molecule has 1 aliphatic heterocycles. The molecule has 108 valence electrons. The van der Waals surface area contributed by atoms with Crippen LogP contribution in [-0.2, 0) is 7.05 Å². The molecule has 2 unspecified atom stereocenters. The molecule has 4 heteroatoms. The molecule has 2 atom stereocenters. The minimum atomic E-state index is 0.537.